The van der Waals surface area contributed by atoms with Crippen molar-refractivity contribution in [3.63, 3.8) is 0 Å². The lowest BCUT2D eigenvalue weighted by molar-refractivity contribution is -0.126. The van der Waals surface area contributed by atoms with Gasteiger partial charge in [0.25, 0.3) is 0 Å². The van der Waals surface area contributed by atoms with Crippen LogP contribution in [0.1, 0.15) is 16.8 Å². The number of amides is 1. The highest BCUT2D eigenvalue weighted by Crippen LogP contribution is 2.35. The quantitative estimate of drug-likeness (QED) is 0.452. The van der Waals surface area contributed by atoms with Gasteiger partial charge >= 0.3 is 0 Å². The van der Waals surface area contributed by atoms with Gasteiger partial charge in [0.1, 0.15) is 0 Å². The third-order valence-corrected chi connectivity index (χ3v) is 5.60. The van der Waals surface area contributed by atoms with Crippen LogP contribution in [0.2, 0.25) is 0 Å². The minimum atomic E-state index is -0.0796. The third-order valence-electron chi connectivity index (χ3n) is 5.60. The summed E-state index contributed by atoms with van der Waals surface area (Å²) in [5.41, 5.74) is 5.37. The van der Waals surface area contributed by atoms with Crippen molar-refractivity contribution in [3.05, 3.63) is 83.7 Å². The van der Waals surface area contributed by atoms with E-state index >= 15 is 0 Å². The minimum Gasteiger partial charge on any atom is -0.493 e. The summed E-state index contributed by atoms with van der Waals surface area (Å²) in [6.45, 7) is 1.05. The maximum Gasteiger partial charge on any atom is 0.247 e. The van der Waals surface area contributed by atoms with Crippen LogP contribution < -0.4 is 9.47 Å². The van der Waals surface area contributed by atoms with E-state index in [9.17, 15) is 4.79 Å². The van der Waals surface area contributed by atoms with E-state index in [1.165, 1.54) is 0 Å². The Balaban J connectivity index is 1.44. The van der Waals surface area contributed by atoms with Crippen molar-refractivity contribution >= 4 is 17.6 Å². The lowest BCUT2D eigenvalue weighted by Crippen LogP contribution is -2.23. The van der Waals surface area contributed by atoms with Gasteiger partial charge in [-0.2, -0.15) is 5.10 Å². The molecule has 0 atom stereocenters. The molecule has 0 saturated carbocycles. The van der Waals surface area contributed by atoms with Gasteiger partial charge in [-0.25, -0.2) is 9.50 Å². The fourth-order valence-electron chi connectivity index (χ4n) is 4.00. The van der Waals surface area contributed by atoms with Crippen molar-refractivity contribution in [2.45, 2.75) is 13.1 Å². The van der Waals surface area contributed by atoms with E-state index in [-0.39, 0.29) is 5.91 Å². The molecule has 5 rings (SSSR count). The summed E-state index contributed by atoms with van der Waals surface area (Å²) in [6, 6.07) is 17.5. The van der Waals surface area contributed by atoms with E-state index in [4.69, 9.17) is 14.5 Å². The zero-order valence-corrected chi connectivity index (χ0v) is 17.9. The molecule has 2 aromatic carbocycles. The first kappa shape index (κ1) is 19.8. The van der Waals surface area contributed by atoms with Crippen LogP contribution in [0.25, 0.3) is 23.0 Å². The van der Waals surface area contributed by atoms with Crippen molar-refractivity contribution < 1.29 is 14.3 Å². The number of imidazole rings is 1. The molecule has 160 valence electrons. The lowest BCUT2D eigenvalue weighted by Gasteiger charge is -2.12. The summed E-state index contributed by atoms with van der Waals surface area (Å²) in [4.78, 5) is 19.5. The average Bonchev–Trinajstić information content (AvgIpc) is 3.43. The van der Waals surface area contributed by atoms with Gasteiger partial charge in [0.15, 0.2) is 17.1 Å². The molecule has 1 aliphatic heterocycles. The van der Waals surface area contributed by atoms with Crippen molar-refractivity contribution in [1.82, 2.24) is 19.5 Å². The van der Waals surface area contributed by atoms with Crippen LogP contribution in [0, 0.1) is 0 Å². The van der Waals surface area contributed by atoms with Crippen LogP contribution in [0.4, 0.5) is 0 Å². The fraction of sp³-hybridized carbons (Fsp3) is 0.160. The van der Waals surface area contributed by atoms with E-state index < -0.39 is 0 Å². The van der Waals surface area contributed by atoms with Crippen LogP contribution in [0.3, 0.4) is 0 Å². The Labute approximate surface area is 185 Å². The summed E-state index contributed by atoms with van der Waals surface area (Å²) in [6.07, 6.45) is 5.09. The topological polar surface area (TPSA) is 69.0 Å². The number of benzene rings is 2. The SMILES string of the molecule is COc1cc2c(cc1OC)CN(C(=O)/C=C/c1c(-c3ccccc3)nc3cccnn13)C2. The summed E-state index contributed by atoms with van der Waals surface area (Å²) >= 11 is 0. The van der Waals surface area contributed by atoms with Gasteiger partial charge in [-0.15, -0.1) is 0 Å². The van der Waals surface area contributed by atoms with Crippen LogP contribution in [0.5, 0.6) is 11.5 Å². The predicted molar refractivity (Wildman–Crippen MR) is 121 cm³/mol. The first-order valence-corrected chi connectivity index (χ1v) is 10.3. The van der Waals surface area contributed by atoms with Gasteiger partial charge in [0.2, 0.25) is 5.91 Å². The molecule has 0 radical (unpaired) electrons. The summed E-state index contributed by atoms with van der Waals surface area (Å²) in [5, 5.41) is 4.42. The van der Waals surface area contributed by atoms with E-state index in [0.29, 0.717) is 24.6 Å². The standard InChI is InChI=1S/C25H22N4O3/c1-31-21-13-18-15-28(16-19(18)14-22(21)32-2)24(30)11-10-20-25(17-7-4-3-5-8-17)27-23-9-6-12-26-29(20)23/h3-14H,15-16H2,1-2H3/b11-10+. The highest BCUT2D eigenvalue weighted by Gasteiger charge is 2.24. The Kier molecular flexibility index (Phi) is 5.07. The first-order chi connectivity index (χ1) is 15.7. The number of aromatic nitrogens is 3. The molecule has 0 spiro atoms. The molecular weight excluding hydrogens is 404 g/mol. The van der Waals surface area contributed by atoms with E-state index in [2.05, 4.69) is 5.10 Å². The number of ether oxygens (including phenoxy) is 2. The molecule has 0 bridgehead atoms. The molecule has 0 aliphatic carbocycles. The number of hydrogen-bond acceptors (Lipinski definition) is 5. The Hall–Kier alpha value is -4.13. The zero-order chi connectivity index (χ0) is 22.1. The number of rotatable bonds is 5. The molecule has 7 nitrogen and oxygen atoms in total. The van der Waals surface area contributed by atoms with Crippen LogP contribution in [0.15, 0.2) is 66.9 Å². The fourth-order valence-corrected chi connectivity index (χ4v) is 4.00. The molecule has 0 N–H and O–H groups in total. The molecule has 4 aromatic rings. The number of hydrogen-bond donors (Lipinski definition) is 0. The van der Waals surface area contributed by atoms with Gasteiger partial charge < -0.3 is 14.4 Å². The number of carbonyl (C=O) groups excluding carboxylic acids is 1. The Bertz CT molecular complexity index is 1300. The van der Waals surface area contributed by atoms with Gasteiger partial charge in [-0.1, -0.05) is 30.3 Å². The summed E-state index contributed by atoms with van der Waals surface area (Å²) < 4.78 is 12.5. The third kappa shape index (κ3) is 3.47. The number of methoxy groups -OCH3 is 2. The Morgan fingerprint density at radius 3 is 2.31 bits per heavy atom. The van der Waals surface area contributed by atoms with Gasteiger partial charge in [-0.05, 0) is 41.5 Å². The van der Waals surface area contributed by atoms with E-state index in [0.717, 1.165) is 33.7 Å². The average molecular weight is 426 g/mol. The normalized spacial score (nSPS) is 13.0. The molecule has 0 unspecified atom stereocenters. The molecular formula is C25H22N4O3. The molecule has 7 heteroatoms. The largest absolute Gasteiger partial charge is 0.493 e. The molecule has 3 heterocycles. The minimum absolute atomic E-state index is 0.0796. The first-order valence-electron chi connectivity index (χ1n) is 10.3. The maximum atomic E-state index is 13.0. The molecule has 0 saturated heterocycles. The predicted octanol–water partition coefficient (Wildman–Crippen LogP) is 3.97. The highest BCUT2D eigenvalue weighted by molar-refractivity contribution is 5.93. The molecule has 32 heavy (non-hydrogen) atoms. The summed E-state index contributed by atoms with van der Waals surface area (Å²) in [5.74, 6) is 1.25. The second kappa shape index (κ2) is 8.19. The van der Waals surface area contributed by atoms with Crippen molar-refractivity contribution in [2.24, 2.45) is 0 Å². The van der Waals surface area contributed by atoms with Crippen LogP contribution in [-0.2, 0) is 17.9 Å². The van der Waals surface area contributed by atoms with Crippen molar-refractivity contribution in [2.75, 3.05) is 14.2 Å². The molecule has 2 aromatic heterocycles. The van der Waals surface area contributed by atoms with E-state index in [1.807, 2.05) is 54.6 Å². The monoisotopic (exact) mass is 426 g/mol. The maximum absolute atomic E-state index is 13.0. The molecule has 1 amide bonds. The smallest absolute Gasteiger partial charge is 0.247 e. The zero-order valence-electron chi connectivity index (χ0n) is 17.9. The second-order valence-corrected chi connectivity index (χ2v) is 7.51. The lowest BCUT2D eigenvalue weighted by atomic mass is 10.1. The number of nitrogens with zero attached hydrogens (tertiary/aromatic N) is 4. The molecule has 1 aliphatic rings. The summed E-state index contributed by atoms with van der Waals surface area (Å²) in [7, 11) is 3.22. The van der Waals surface area contributed by atoms with Gasteiger partial charge in [0, 0.05) is 30.9 Å². The second-order valence-electron chi connectivity index (χ2n) is 7.51. The van der Waals surface area contributed by atoms with E-state index in [1.54, 1.807) is 42.0 Å². The van der Waals surface area contributed by atoms with Crippen molar-refractivity contribution in [3.8, 4) is 22.8 Å². The van der Waals surface area contributed by atoms with Crippen LogP contribution in [-0.4, -0.2) is 39.6 Å². The Morgan fingerprint density at radius 2 is 1.66 bits per heavy atom. The van der Waals surface area contributed by atoms with Crippen molar-refractivity contribution in [1.29, 1.82) is 0 Å². The van der Waals surface area contributed by atoms with Gasteiger partial charge in [-0.3, -0.25) is 4.79 Å². The highest BCUT2D eigenvalue weighted by atomic mass is 16.5. The Morgan fingerprint density at radius 1 is 0.969 bits per heavy atom. The molecule has 0 fully saturated rings. The number of fused-ring (bicyclic) bond motifs is 2. The van der Waals surface area contributed by atoms with Gasteiger partial charge in [0.05, 0.1) is 25.6 Å². The number of carbonyl (C=O) groups is 1. The van der Waals surface area contributed by atoms with Crippen LogP contribution >= 0.6 is 0 Å².